The molecule has 1 amide bonds. The van der Waals surface area contributed by atoms with Gasteiger partial charge >= 0.3 is 6.18 Å². The van der Waals surface area contributed by atoms with Crippen molar-refractivity contribution in [3.63, 3.8) is 0 Å². The Morgan fingerprint density at radius 1 is 1.12 bits per heavy atom. The van der Waals surface area contributed by atoms with Crippen LogP contribution in [0.15, 0.2) is 53.1 Å². The minimum Gasteiger partial charge on any atom is -0.484 e. The minimum absolute atomic E-state index is 0.0306. The normalized spacial score (nSPS) is 12.9. The van der Waals surface area contributed by atoms with Crippen LogP contribution in [0.5, 0.6) is 5.75 Å². The fourth-order valence-electron chi connectivity index (χ4n) is 4.46. The zero-order chi connectivity index (χ0) is 35.4. The Labute approximate surface area is 275 Å². The van der Waals surface area contributed by atoms with Gasteiger partial charge in [0.25, 0.3) is 5.91 Å². The number of anilines is 3. The summed E-state index contributed by atoms with van der Waals surface area (Å²) in [7, 11) is -6.35. The van der Waals surface area contributed by atoms with Crippen molar-refractivity contribution in [2.45, 2.75) is 58.5 Å². The lowest BCUT2D eigenvalue weighted by Gasteiger charge is -2.20. The number of alkyl halides is 3. The largest absolute Gasteiger partial charge is 0.484 e. The van der Waals surface area contributed by atoms with E-state index in [1.807, 2.05) is 4.72 Å². The molecule has 0 radical (unpaired) electrons. The van der Waals surface area contributed by atoms with Crippen LogP contribution >= 0.6 is 0 Å². The highest BCUT2D eigenvalue weighted by atomic mass is 32.2. The Bertz CT molecular complexity index is 1860. The lowest BCUT2D eigenvalue weighted by Crippen LogP contribution is -2.28. The van der Waals surface area contributed by atoms with Gasteiger partial charge < -0.3 is 25.0 Å². The number of hydrogen-bond acceptors (Lipinski definition) is 9. The molecule has 12 nitrogen and oxygen atoms in total. The van der Waals surface area contributed by atoms with E-state index in [9.17, 15) is 30.8 Å². The van der Waals surface area contributed by atoms with Crippen molar-refractivity contribution in [2.75, 3.05) is 22.4 Å². The summed E-state index contributed by atoms with van der Waals surface area (Å²) >= 11 is 0. The summed E-state index contributed by atoms with van der Waals surface area (Å²) in [6.45, 7) is 10.2. The Morgan fingerprint density at radius 3 is 2.40 bits per heavy atom. The zero-order valence-corrected chi connectivity index (χ0v) is 28.6. The van der Waals surface area contributed by atoms with Gasteiger partial charge in [0, 0.05) is 26.3 Å². The first-order valence-electron chi connectivity index (χ1n) is 14.6. The van der Waals surface area contributed by atoms with Crippen molar-refractivity contribution in [1.82, 2.24) is 14.9 Å². The molecule has 260 valence electrons. The van der Waals surface area contributed by atoms with Crippen molar-refractivity contribution in [3.05, 3.63) is 71.2 Å². The molecule has 0 saturated carbocycles. The SMILES string of the molecule is Cc1cc(Nc2c(C(N)=O)c(-c3ccc(NS(=O)(=O)CC(F)(F)F)c(O[C@@H](C)c4ccc(F)cc4)c3)nn2COCC[Si](C)(C)C)no1. The second kappa shape index (κ2) is 14.4. The van der Waals surface area contributed by atoms with Gasteiger partial charge in [0.2, 0.25) is 10.0 Å². The molecule has 2 heterocycles. The van der Waals surface area contributed by atoms with Crippen molar-refractivity contribution in [3.8, 4) is 17.0 Å². The second-order valence-electron chi connectivity index (χ2n) is 12.2. The minimum atomic E-state index is -5.01. The second-order valence-corrected chi connectivity index (χ2v) is 19.6. The van der Waals surface area contributed by atoms with Gasteiger partial charge in [-0.05, 0) is 49.7 Å². The fourth-order valence-corrected chi connectivity index (χ4v) is 6.22. The number of carbonyl (C=O) groups excluding carboxylic acids is 1. The van der Waals surface area contributed by atoms with Gasteiger partial charge in [0.1, 0.15) is 47.2 Å². The molecule has 0 aliphatic carbocycles. The van der Waals surface area contributed by atoms with E-state index in [4.69, 9.17) is 19.7 Å². The summed E-state index contributed by atoms with van der Waals surface area (Å²) in [5.74, 6) is -2.88. The number of carbonyl (C=O) groups is 1. The Balaban J connectivity index is 1.81. The van der Waals surface area contributed by atoms with Crippen molar-refractivity contribution < 1.29 is 44.8 Å². The average Bonchev–Trinajstić information content (AvgIpc) is 3.53. The first kappa shape index (κ1) is 36.4. The number of aryl methyl sites for hydroxylation is 1. The first-order valence-corrected chi connectivity index (χ1v) is 20.0. The van der Waals surface area contributed by atoms with Crippen LogP contribution in [0, 0.1) is 12.7 Å². The topological polar surface area (TPSA) is 164 Å². The molecule has 0 aliphatic rings. The van der Waals surface area contributed by atoms with Crippen LogP contribution in [-0.4, -0.2) is 55.9 Å². The van der Waals surface area contributed by atoms with E-state index < -0.39 is 47.9 Å². The monoisotopic (exact) mass is 712 g/mol. The van der Waals surface area contributed by atoms with Crippen molar-refractivity contribution in [1.29, 1.82) is 0 Å². The average molecular weight is 713 g/mol. The molecule has 0 bridgehead atoms. The number of benzene rings is 2. The number of ether oxygens (including phenoxy) is 2. The summed E-state index contributed by atoms with van der Waals surface area (Å²) in [6.07, 6.45) is -5.84. The van der Waals surface area contributed by atoms with E-state index >= 15 is 0 Å². The number of nitrogens with two attached hydrogens (primary N) is 1. The highest BCUT2D eigenvalue weighted by Gasteiger charge is 2.36. The molecule has 0 aliphatic heterocycles. The van der Waals surface area contributed by atoms with E-state index in [1.54, 1.807) is 19.9 Å². The number of rotatable bonds is 15. The molecule has 18 heteroatoms. The predicted octanol–water partition coefficient (Wildman–Crippen LogP) is 6.58. The van der Waals surface area contributed by atoms with Gasteiger partial charge in [0.05, 0.1) is 5.69 Å². The third-order valence-electron chi connectivity index (χ3n) is 6.80. The zero-order valence-electron chi connectivity index (χ0n) is 26.8. The molecule has 0 saturated heterocycles. The Hall–Kier alpha value is -4.42. The van der Waals surface area contributed by atoms with Gasteiger partial charge in [-0.15, -0.1) is 0 Å². The van der Waals surface area contributed by atoms with Gasteiger partial charge in [0.15, 0.2) is 11.6 Å². The standard InChI is InChI=1S/C30H36F4N6O6SSi/c1-18-14-25(38-46-18)36-29-26(28(35)41)27(37-40(29)17-44-12-13-48(3,4)5)21-8-11-23(39-47(42,43)16-30(32,33)34)24(15-21)45-19(2)20-6-9-22(31)10-7-20/h6-11,14-15,19,39H,12-13,16-17H2,1-5H3,(H2,35,41)(H,36,38)/t19-/m0/s1. The number of sulfonamides is 1. The van der Waals surface area contributed by atoms with Crippen LogP contribution in [0.4, 0.5) is 34.9 Å². The Morgan fingerprint density at radius 2 is 1.81 bits per heavy atom. The van der Waals surface area contributed by atoms with Gasteiger partial charge in [-0.25, -0.2) is 17.5 Å². The maximum absolute atomic E-state index is 13.6. The van der Waals surface area contributed by atoms with Crippen molar-refractivity contribution >= 4 is 41.3 Å². The molecular formula is C30H36F4N6O6SSi. The first-order chi connectivity index (χ1) is 22.3. The molecule has 48 heavy (non-hydrogen) atoms. The molecule has 2 aromatic carbocycles. The summed E-state index contributed by atoms with van der Waals surface area (Å²) < 4.78 is 97.8. The van der Waals surface area contributed by atoms with Crippen LogP contribution in [-0.2, 0) is 21.5 Å². The fraction of sp³-hybridized carbons (Fsp3) is 0.367. The number of hydrogen-bond donors (Lipinski definition) is 3. The lowest BCUT2D eigenvalue weighted by atomic mass is 10.1. The molecular weight excluding hydrogens is 677 g/mol. The number of aromatic nitrogens is 3. The van der Waals surface area contributed by atoms with E-state index in [-0.39, 0.29) is 46.6 Å². The van der Waals surface area contributed by atoms with Crippen LogP contribution in [0.2, 0.25) is 25.7 Å². The third-order valence-corrected chi connectivity index (χ3v) is 9.74. The molecule has 0 fully saturated rings. The maximum atomic E-state index is 13.6. The van der Waals surface area contributed by atoms with Gasteiger partial charge in [-0.3, -0.25) is 9.52 Å². The number of halogens is 4. The van der Waals surface area contributed by atoms with Gasteiger partial charge in [-0.1, -0.05) is 43.0 Å². The number of amides is 1. The summed E-state index contributed by atoms with van der Waals surface area (Å²) in [5, 5.41) is 11.5. The molecule has 4 aromatic rings. The molecule has 1 atom stereocenters. The summed E-state index contributed by atoms with van der Waals surface area (Å²) in [5.41, 5.74) is 6.15. The maximum Gasteiger partial charge on any atom is 0.404 e. The molecule has 0 unspecified atom stereocenters. The van der Waals surface area contributed by atoms with Crippen LogP contribution in [0.1, 0.15) is 34.7 Å². The number of primary amides is 1. The van der Waals surface area contributed by atoms with E-state index in [2.05, 4.69) is 35.2 Å². The van der Waals surface area contributed by atoms with E-state index in [1.165, 1.54) is 47.1 Å². The van der Waals surface area contributed by atoms with Crippen LogP contribution < -0.4 is 20.5 Å². The number of nitrogens with one attached hydrogen (secondary N) is 2. The smallest absolute Gasteiger partial charge is 0.404 e. The van der Waals surface area contributed by atoms with Gasteiger partial charge in [-0.2, -0.15) is 18.3 Å². The quantitative estimate of drug-likeness (QED) is 0.0702. The summed E-state index contributed by atoms with van der Waals surface area (Å²) in [6, 6.07) is 11.5. The molecule has 2 aromatic heterocycles. The molecule has 4 N–H and O–H groups in total. The number of nitrogens with zero attached hydrogens (tertiary/aromatic N) is 3. The van der Waals surface area contributed by atoms with E-state index in [0.717, 1.165) is 6.04 Å². The van der Waals surface area contributed by atoms with Crippen molar-refractivity contribution in [2.24, 2.45) is 5.73 Å². The summed E-state index contributed by atoms with van der Waals surface area (Å²) in [4.78, 5) is 12.9. The molecule has 4 rings (SSSR count). The van der Waals surface area contributed by atoms with E-state index in [0.29, 0.717) is 17.9 Å². The predicted molar refractivity (Wildman–Crippen MR) is 174 cm³/mol. The van der Waals surface area contributed by atoms with Crippen LogP contribution in [0.3, 0.4) is 0 Å². The third kappa shape index (κ3) is 10.0. The highest BCUT2D eigenvalue weighted by Crippen LogP contribution is 2.38. The highest BCUT2D eigenvalue weighted by molar-refractivity contribution is 7.92. The molecule has 0 spiro atoms. The Kier molecular flexibility index (Phi) is 10.9. The van der Waals surface area contributed by atoms with Crippen LogP contribution in [0.25, 0.3) is 11.3 Å². The lowest BCUT2D eigenvalue weighted by molar-refractivity contribution is -0.106.